The van der Waals surface area contributed by atoms with Crippen molar-refractivity contribution in [2.45, 2.75) is 38.8 Å². The molecule has 2 aromatic carbocycles. The van der Waals surface area contributed by atoms with Crippen LogP contribution in [-0.4, -0.2) is 62.1 Å². The summed E-state index contributed by atoms with van der Waals surface area (Å²) in [6.07, 6.45) is -0.522. The Balaban J connectivity index is 1.55. The Kier molecular flexibility index (Phi) is 7.20. The molecule has 0 radical (unpaired) electrons. The Hall–Kier alpha value is -4.44. The zero-order valence-electron chi connectivity index (χ0n) is 22.5. The Morgan fingerprint density at radius 2 is 1.62 bits per heavy atom. The molecule has 0 aliphatic carbocycles. The number of benzene rings is 2. The van der Waals surface area contributed by atoms with Crippen molar-refractivity contribution in [3.8, 4) is 5.69 Å². The summed E-state index contributed by atoms with van der Waals surface area (Å²) < 4.78 is 1.54. The molecule has 0 saturated carbocycles. The first-order chi connectivity index (χ1) is 19.1. The monoisotopic (exact) mass is 558 g/mol. The van der Waals surface area contributed by atoms with Gasteiger partial charge in [-0.3, -0.25) is 24.4 Å². The summed E-state index contributed by atoms with van der Waals surface area (Å²) in [6, 6.07) is 20.2. The Morgan fingerprint density at radius 3 is 2.25 bits per heavy atom. The van der Waals surface area contributed by atoms with Gasteiger partial charge in [-0.1, -0.05) is 59.9 Å². The first-order valence-corrected chi connectivity index (χ1v) is 13.8. The van der Waals surface area contributed by atoms with Gasteiger partial charge in [0, 0.05) is 35.6 Å². The molecule has 1 fully saturated rings. The Morgan fingerprint density at radius 1 is 0.975 bits per heavy atom. The number of fused-ring (bicyclic) bond motifs is 1. The number of urea groups is 1. The zero-order valence-corrected chi connectivity index (χ0v) is 23.3. The van der Waals surface area contributed by atoms with E-state index in [1.807, 2.05) is 57.2 Å². The first kappa shape index (κ1) is 27.1. The number of likely N-dealkylation sites (tertiary alicyclic amines) is 1. The van der Waals surface area contributed by atoms with Crippen LogP contribution in [0.2, 0.25) is 0 Å². The van der Waals surface area contributed by atoms with Crippen LogP contribution in [0.25, 0.3) is 15.9 Å². The molecule has 9 nitrogen and oxygen atoms in total. The lowest BCUT2D eigenvalue weighted by Gasteiger charge is -2.37. The number of nitrogens with zero attached hydrogens (tertiary/aromatic N) is 3. The number of hydrogen-bond acceptors (Lipinski definition) is 5. The highest BCUT2D eigenvalue weighted by molar-refractivity contribution is 7.23. The van der Waals surface area contributed by atoms with E-state index < -0.39 is 17.7 Å². The lowest BCUT2D eigenvalue weighted by molar-refractivity contribution is 0.0731. The molecule has 2 aromatic heterocycles. The predicted molar refractivity (Wildman–Crippen MR) is 156 cm³/mol. The van der Waals surface area contributed by atoms with Crippen molar-refractivity contribution in [2.75, 3.05) is 18.4 Å². The van der Waals surface area contributed by atoms with Gasteiger partial charge in [0.25, 0.3) is 5.56 Å². The molecule has 0 spiro atoms. The average molecular weight is 559 g/mol. The second kappa shape index (κ2) is 10.6. The fourth-order valence-electron chi connectivity index (χ4n) is 5.25. The maximum Gasteiger partial charge on any atom is 0.408 e. The number of pyridine rings is 1. The third-order valence-electron chi connectivity index (χ3n) is 6.98. The lowest BCUT2D eigenvalue weighted by Crippen LogP contribution is -2.52. The van der Waals surface area contributed by atoms with Crippen molar-refractivity contribution in [2.24, 2.45) is 0 Å². The van der Waals surface area contributed by atoms with Crippen LogP contribution in [0.4, 0.5) is 14.6 Å². The van der Waals surface area contributed by atoms with Gasteiger partial charge in [0.15, 0.2) is 5.78 Å². The van der Waals surface area contributed by atoms with Gasteiger partial charge in [-0.05, 0) is 45.4 Å². The van der Waals surface area contributed by atoms with Gasteiger partial charge in [0.05, 0.1) is 17.3 Å². The minimum atomic E-state index is -1.03. The fraction of sp³-hybridized carbons (Fsp3) is 0.267. The molecule has 10 heteroatoms. The number of amides is 3. The molecule has 0 bridgehead atoms. The molecule has 4 aromatic rings. The van der Waals surface area contributed by atoms with Crippen LogP contribution in [-0.2, 0) is 0 Å². The van der Waals surface area contributed by atoms with Gasteiger partial charge in [-0.2, -0.15) is 0 Å². The molecule has 1 saturated heterocycles. The number of para-hydroxylation sites is 1. The van der Waals surface area contributed by atoms with Gasteiger partial charge in [-0.15, -0.1) is 0 Å². The van der Waals surface area contributed by atoms with E-state index in [2.05, 4.69) is 5.32 Å². The molecule has 3 amide bonds. The highest BCUT2D eigenvalue weighted by atomic mass is 32.1. The third-order valence-corrected chi connectivity index (χ3v) is 8.09. The first-order valence-electron chi connectivity index (χ1n) is 13.0. The molecule has 1 aliphatic rings. The van der Waals surface area contributed by atoms with Crippen LogP contribution in [0.3, 0.4) is 0 Å². The number of nitrogens with one attached hydrogen (secondary N) is 1. The van der Waals surface area contributed by atoms with Crippen molar-refractivity contribution in [3.05, 3.63) is 94.3 Å². The van der Waals surface area contributed by atoms with Gasteiger partial charge in [0.2, 0.25) is 0 Å². The van der Waals surface area contributed by atoms with E-state index >= 15 is 0 Å². The van der Waals surface area contributed by atoms with Crippen LogP contribution in [0.15, 0.2) is 77.6 Å². The Bertz CT molecular complexity index is 1640. The molecular formula is C30H30N4O5S. The zero-order chi connectivity index (χ0) is 28.6. The van der Waals surface area contributed by atoms with Crippen molar-refractivity contribution in [1.29, 1.82) is 0 Å². The summed E-state index contributed by atoms with van der Waals surface area (Å²) in [5.74, 6) is -0.274. The van der Waals surface area contributed by atoms with E-state index in [-0.39, 0.29) is 23.9 Å². The van der Waals surface area contributed by atoms with Crippen molar-refractivity contribution < 1.29 is 19.5 Å². The van der Waals surface area contributed by atoms with Crippen LogP contribution >= 0.6 is 11.3 Å². The predicted octanol–water partition coefficient (Wildman–Crippen LogP) is 5.67. The number of carboxylic acid groups (broad SMARTS) is 1. The smallest absolute Gasteiger partial charge is 0.408 e. The molecule has 3 heterocycles. The number of ketones is 1. The van der Waals surface area contributed by atoms with Crippen LogP contribution in [0.5, 0.6) is 0 Å². The largest absolute Gasteiger partial charge is 0.465 e. The van der Waals surface area contributed by atoms with Gasteiger partial charge in [0.1, 0.15) is 9.83 Å². The number of rotatable bonds is 5. The number of carbonyl (C=O) groups excluding carboxylic acids is 2. The molecule has 1 aliphatic heterocycles. The standard InChI is InChI=1S/C30H30N4O5S/c1-30(2,3)34(29(38)39)21-16-17-32(18-21)28(37)31-26-24(25(36)19-10-6-4-7-11-19)22-14-15-23(35)33(27(22)40-26)20-12-8-5-9-13-20/h4-15,21H,16-18H2,1-3H3,(H,31,37)(H,38,39)/t21-/m0/s1. The molecule has 1 atom stereocenters. The SMILES string of the molecule is CC(C)(C)N(C(=O)O)[C@H]1CCN(C(=O)Nc2sc3c(ccc(=O)n3-c3ccccc3)c2C(=O)c2ccccc2)C1. The average Bonchev–Trinajstić information content (AvgIpc) is 3.53. The minimum Gasteiger partial charge on any atom is -0.465 e. The van der Waals surface area contributed by atoms with E-state index in [4.69, 9.17) is 0 Å². The quantitative estimate of drug-likeness (QED) is 0.307. The summed E-state index contributed by atoms with van der Waals surface area (Å²) in [5, 5.41) is 13.6. The minimum absolute atomic E-state index is 0.233. The van der Waals surface area contributed by atoms with Gasteiger partial charge in [-0.25, -0.2) is 9.59 Å². The van der Waals surface area contributed by atoms with Crippen LogP contribution < -0.4 is 10.9 Å². The highest BCUT2D eigenvalue weighted by Gasteiger charge is 2.39. The maximum atomic E-state index is 13.8. The lowest BCUT2D eigenvalue weighted by atomic mass is 10.0. The number of carbonyl (C=O) groups is 3. The van der Waals surface area contributed by atoms with Crippen molar-refractivity contribution >= 4 is 44.5 Å². The van der Waals surface area contributed by atoms with Crippen molar-refractivity contribution in [1.82, 2.24) is 14.4 Å². The molecule has 206 valence electrons. The number of anilines is 1. The number of hydrogen-bond donors (Lipinski definition) is 2. The van der Waals surface area contributed by atoms with E-state index in [0.29, 0.717) is 45.0 Å². The topological polar surface area (TPSA) is 112 Å². The van der Waals surface area contributed by atoms with E-state index in [1.165, 1.54) is 15.5 Å². The molecule has 5 rings (SSSR count). The summed E-state index contributed by atoms with van der Waals surface area (Å²) in [5.41, 5.74) is 0.537. The fourth-order valence-corrected chi connectivity index (χ4v) is 6.46. The van der Waals surface area contributed by atoms with E-state index in [1.54, 1.807) is 35.2 Å². The summed E-state index contributed by atoms with van der Waals surface area (Å²) in [6.45, 7) is 6.09. The number of thiophene rings is 1. The van der Waals surface area contributed by atoms with Gasteiger partial charge < -0.3 is 10.0 Å². The summed E-state index contributed by atoms with van der Waals surface area (Å²) >= 11 is 1.16. The van der Waals surface area contributed by atoms with E-state index in [9.17, 15) is 24.3 Å². The second-order valence-corrected chi connectivity index (χ2v) is 11.7. The molecule has 0 unspecified atom stereocenters. The molecular weight excluding hydrogens is 528 g/mol. The number of aromatic nitrogens is 1. The molecule has 40 heavy (non-hydrogen) atoms. The van der Waals surface area contributed by atoms with Gasteiger partial charge >= 0.3 is 12.1 Å². The van der Waals surface area contributed by atoms with Crippen LogP contribution in [0, 0.1) is 0 Å². The summed E-state index contributed by atoms with van der Waals surface area (Å²) in [7, 11) is 0. The normalized spacial score (nSPS) is 15.3. The highest BCUT2D eigenvalue weighted by Crippen LogP contribution is 2.38. The Labute approximate surface area is 235 Å². The second-order valence-electron chi connectivity index (χ2n) is 10.7. The maximum absolute atomic E-state index is 13.8. The molecule has 2 N–H and O–H groups in total. The summed E-state index contributed by atoms with van der Waals surface area (Å²) in [4.78, 5) is 55.7. The third kappa shape index (κ3) is 5.10. The van der Waals surface area contributed by atoms with Crippen LogP contribution in [0.1, 0.15) is 43.1 Å². The van der Waals surface area contributed by atoms with Crippen molar-refractivity contribution in [3.63, 3.8) is 0 Å². The van der Waals surface area contributed by atoms with E-state index in [0.717, 1.165) is 11.3 Å².